The molecule has 1 amide bonds. The van der Waals surface area contributed by atoms with Gasteiger partial charge in [-0.1, -0.05) is 298 Å². The molecule has 27 heteroatoms. The molecule has 11 aromatic carbocycles. The predicted molar refractivity (Wildman–Crippen MR) is 575 cm³/mol. The number of H-pyrrole nitrogens is 1. The van der Waals surface area contributed by atoms with E-state index in [0.29, 0.717) is 51.3 Å². The van der Waals surface area contributed by atoms with E-state index < -0.39 is 30.4 Å². The first-order valence-electron chi connectivity index (χ1n) is 49.0. The molecule has 0 saturated carbocycles. The summed E-state index contributed by atoms with van der Waals surface area (Å²) < 4.78 is 30.0. The van der Waals surface area contributed by atoms with Crippen molar-refractivity contribution in [2.75, 3.05) is 7.11 Å². The van der Waals surface area contributed by atoms with Crippen molar-refractivity contribution >= 4 is 75.1 Å². The molecule has 0 saturated heterocycles. The van der Waals surface area contributed by atoms with Gasteiger partial charge in [0.2, 0.25) is 0 Å². The summed E-state index contributed by atoms with van der Waals surface area (Å²) in [5.74, 6) is 8.98. The Morgan fingerprint density at radius 3 is 1.26 bits per heavy atom. The number of aliphatic imine (C=N–C) groups is 4. The van der Waals surface area contributed by atoms with Gasteiger partial charge >= 0.3 is 12.1 Å². The molecule has 0 aliphatic carbocycles. The summed E-state index contributed by atoms with van der Waals surface area (Å²) in [6.45, 7) is 36.9. The number of allylic oxidation sites excluding steroid dienone is 1. The van der Waals surface area contributed by atoms with Crippen molar-refractivity contribution in [2.45, 2.75) is 187 Å². The van der Waals surface area contributed by atoms with E-state index in [1.807, 2.05) is 328 Å². The van der Waals surface area contributed by atoms with Crippen molar-refractivity contribution in [3.8, 4) is 34.2 Å². The topological polar surface area (TPSA) is 305 Å². The van der Waals surface area contributed by atoms with Crippen molar-refractivity contribution in [1.29, 1.82) is 0 Å². The van der Waals surface area contributed by atoms with Crippen molar-refractivity contribution < 1.29 is 38.1 Å². The van der Waals surface area contributed by atoms with Crippen LogP contribution in [0.15, 0.2) is 311 Å². The number of aromatic amines is 1. The number of aromatic nitrogens is 13. The van der Waals surface area contributed by atoms with Crippen LogP contribution in [0.3, 0.4) is 0 Å². The molecule has 2 N–H and O–H groups in total. The van der Waals surface area contributed by atoms with E-state index in [9.17, 15) is 19.2 Å². The van der Waals surface area contributed by atoms with Gasteiger partial charge in [0.15, 0.2) is 41.0 Å². The number of hydrogen-bond donors (Lipinski definition) is 2. The molecule has 4 aliphatic heterocycles. The van der Waals surface area contributed by atoms with Crippen LogP contribution in [0, 0.1) is 52.4 Å². The van der Waals surface area contributed by atoms with Crippen LogP contribution < -0.4 is 14.8 Å². The highest BCUT2D eigenvalue weighted by Gasteiger charge is 2.36. The number of hydrogen-bond acceptors (Lipinski definition) is 20. The summed E-state index contributed by atoms with van der Waals surface area (Å²) in [6.07, 6.45) is 2.27. The number of carbonyl (C=O) groups excluding carboxylic acids is 4. The van der Waals surface area contributed by atoms with Crippen LogP contribution in [0.4, 0.5) is 4.79 Å². The number of halogens is 1. The number of Topliss-reactive ketones (excluding diaryl/α,β-unsaturated/α-hetero) is 1. The lowest BCUT2D eigenvalue weighted by Gasteiger charge is -2.16. The number of aryl methyl sites for hydroxylation is 5. The van der Waals surface area contributed by atoms with E-state index >= 15 is 0 Å². The Morgan fingerprint density at radius 2 is 0.800 bits per heavy atom. The molecule has 0 spiro atoms. The van der Waals surface area contributed by atoms with Crippen molar-refractivity contribution in [2.24, 2.45) is 37.7 Å². The highest BCUT2D eigenvalue weighted by molar-refractivity contribution is 6.31. The van der Waals surface area contributed by atoms with E-state index in [1.54, 1.807) is 39.2 Å². The van der Waals surface area contributed by atoms with E-state index in [4.69, 9.17) is 50.5 Å². The van der Waals surface area contributed by atoms with Gasteiger partial charge < -0.3 is 23.9 Å². The van der Waals surface area contributed by atoms with Crippen LogP contribution in [0.25, 0.3) is 39.7 Å². The number of nitrogens with zero attached hydrogens (tertiary/aromatic N) is 16. The number of ketones is 2. The van der Waals surface area contributed by atoms with Crippen LogP contribution >= 0.6 is 11.6 Å². The Bertz CT molecular complexity index is 7300. The number of methoxy groups -OCH3 is 1. The Morgan fingerprint density at radius 1 is 0.400 bits per heavy atom. The molecule has 4 aliphatic rings. The van der Waals surface area contributed by atoms with Gasteiger partial charge in [0, 0.05) is 79.3 Å². The van der Waals surface area contributed by atoms with Gasteiger partial charge in [0.05, 0.1) is 77.0 Å². The zero-order valence-corrected chi connectivity index (χ0v) is 86.4. The van der Waals surface area contributed by atoms with Crippen LogP contribution in [0.2, 0.25) is 5.02 Å². The highest BCUT2D eigenvalue weighted by Crippen LogP contribution is 2.40. The van der Waals surface area contributed by atoms with E-state index in [0.717, 1.165) is 147 Å². The summed E-state index contributed by atoms with van der Waals surface area (Å²) >= 11 is 6.13. The number of esters is 1. The Hall–Kier alpha value is -16.1. The smallest absolute Gasteiger partial charge is 0.409 e. The standard InChI is InChI=1S/C28H23N5O2.C28H24N4O.C26H22N4O2.C24H26ClN5O3.3C4H10/c1-17-31-32-28-24(16-26(34)23-14-19-12-13-20(35-2)15-22(19)29-23)30-27(18-8-4-3-5-9-18)21-10-6-7-11-25(21)33(17)28;1-19-12-14-21(15-13-19)16-17-23(33)18-25-28-31-30-20(2)32(28)26-11-7-6-10-24(26)27(29-25)22-8-4-3-5-9-22;1-18-28-29-26-22(16-24(31)32-17-19-10-4-2-5-11-19)27-25(20-12-6-3-7-13-20)21-14-8-9-15-23(21)30(18)26;1-13(2)32-18-10-11-20-19(12-18)21(16-6-8-17(25)9-7-16)26-22(27-24(31)33-14(3)4)23-29-28-15(5)30(20)23;3*1-4(2)3/h3-15,24,29H,16H2,1-2H3;3-17,25H,18H2,1-2H3;2-15,22H,16-17H2,1H3;6-14,22H,1-5H3,(H,27,31);3*4H,1-3H3/b;17-16+;;;;;/t;;2*22-;;;/m..00.../s1. The first-order chi connectivity index (χ1) is 69.8. The maximum Gasteiger partial charge on any atom is 0.409 e. The molecular formula is C118H125ClN18O8. The van der Waals surface area contributed by atoms with Crippen molar-refractivity contribution in [3.63, 3.8) is 0 Å². The number of amides is 1. The monoisotopic (exact) mass is 1960 g/mol. The van der Waals surface area contributed by atoms with Gasteiger partial charge in [0.1, 0.15) is 59.5 Å². The third kappa shape index (κ3) is 26.8. The number of benzene rings is 11. The van der Waals surface area contributed by atoms with Gasteiger partial charge in [-0.3, -0.25) is 57.9 Å². The average Bonchev–Trinajstić information content (AvgIpc) is 1.62. The maximum absolute atomic E-state index is 13.5. The van der Waals surface area contributed by atoms with Crippen LogP contribution in [-0.4, -0.2) is 130 Å². The fraction of sp³-hybridized carbons (Fsp3) is 0.271. The quantitative estimate of drug-likeness (QED) is 0.0407. The summed E-state index contributed by atoms with van der Waals surface area (Å²) in [5, 5.41) is 39.2. The minimum Gasteiger partial charge on any atom is -0.497 e. The number of carbonyl (C=O) groups is 4. The summed E-state index contributed by atoms with van der Waals surface area (Å²) in [6, 6.07) is 91.5. The van der Waals surface area contributed by atoms with Gasteiger partial charge in [-0.2, -0.15) is 0 Å². The first-order valence-corrected chi connectivity index (χ1v) is 49.4. The van der Waals surface area contributed by atoms with Gasteiger partial charge in [-0.05, 0) is 164 Å². The molecule has 742 valence electrons. The lowest BCUT2D eigenvalue weighted by molar-refractivity contribution is -0.145. The molecule has 26 nitrogen and oxygen atoms in total. The van der Waals surface area contributed by atoms with E-state index in [-0.39, 0.29) is 55.6 Å². The zero-order valence-electron chi connectivity index (χ0n) is 85.6. The first kappa shape index (κ1) is 105. The second kappa shape index (κ2) is 49.1. The Labute approximate surface area is 853 Å². The average molecular weight is 1960 g/mol. The third-order valence-corrected chi connectivity index (χ3v) is 22.8. The van der Waals surface area contributed by atoms with E-state index in [2.05, 4.69) is 132 Å². The number of rotatable bonds is 20. The second-order valence-corrected chi connectivity index (χ2v) is 38.4. The molecule has 16 aromatic rings. The lowest BCUT2D eigenvalue weighted by Crippen LogP contribution is -2.31. The molecule has 20 rings (SSSR count). The summed E-state index contributed by atoms with van der Waals surface area (Å²) in [5.41, 5.74) is 19.0. The number of para-hydroxylation sites is 3. The molecular weight excluding hydrogens is 1830 g/mol. The van der Waals surface area contributed by atoms with Gasteiger partial charge in [-0.25, -0.2) is 4.79 Å². The highest BCUT2D eigenvalue weighted by atomic mass is 35.5. The minimum absolute atomic E-state index is 0.00473. The lowest BCUT2D eigenvalue weighted by atomic mass is 10.00. The number of fused-ring (bicyclic) bond motifs is 13. The molecule has 0 radical (unpaired) electrons. The molecule has 145 heavy (non-hydrogen) atoms. The third-order valence-electron chi connectivity index (χ3n) is 22.6. The number of nitrogens with one attached hydrogen (secondary N) is 2. The van der Waals surface area contributed by atoms with E-state index in [1.165, 1.54) is 5.56 Å². The maximum atomic E-state index is 13.5. The SMILES string of the molecule is CC(C)C.CC(C)C.CC(C)C.COc1ccc2cc(C(=O)CC3N=C(c4ccccc4)c4ccccc4-n4c(C)nnc43)[nH]c2c1.Cc1ccc(/C=C/C(=O)CC2N=C(c3ccccc3)c3ccccc3-n3c(C)nnc32)cc1.Cc1nnc2n1-c1ccc(OC(C)C)cc1C(c1ccc(Cl)cc1)=N[C@H]2NC(=O)OC(C)C.Cc1nnc2n1-c1ccccc1C(c1ccccc1)=N[C@H]2CC(=O)OCc1ccccc1. The Kier molecular flexibility index (Phi) is 35.4. The van der Waals surface area contributed by atoms with Gasteiger partial charge in [-0.15, -0.1) is 40.8 Å². The molecule has 0 fully saturated rings. The molecule has 2 unspecified atom stereocenters. The molecule has 9 heterocycles. The van der Waals surface area contributed by atoms with Crippen LogP contribution in [0.1, 0.15) is 252 Å². The summed E-state index contributed by atoms with van der Waals surface area (Å²) in [4.78, 5) is 75.2. The predicted octanol–water partition coefficient (Wildman–Crippen LogP) is 25.3. The molecule has 4 atom stereocenters. The minimum atomic E-state index is -0.815. The van der Waals surface area contributed by atoms with Crippen molar-refractivity contribution in [1.82, 2.24) is 69.4 Å². The largest absolute Gasteiger partial charge is 0.497 e. The van der Waals surface area contributed by atoms with Crippen LogP contribution in [0.5, 0.6) is 11.5 Å². The fourth-order valence-electron chi connectivity index (χ4n) is 16.4. The normalized spacial score (nSPS) is 14.3. The zero-order chi connectivity index (χ0) is 103. The molecule has 0 bridgehead atoms. The number of ether oxygens (including phenoxy) is 4. The second-order valence-electron chi connectivity index (χ2n) is 37.9. The number of alkyl carbamates (subject to hydrolysis) is 1. The fourth-order valence-corrected chi connectivity index (χ4v) is 16.5. The summed E-state index contributed by atoms with van der Waals surface area (Å²) in [7, 11) is 1.63. The Balaban J connectivity index is 0.000000147. The molecule has 5 aromatic heterocycles. The van der Waals surface area contributed by atoms with Crippen molar-refractivity contribution in [3.05, 3.63) is 410 Å². The van der Waals surface area contributed by atoms with Crippen LogP contribution in [-0.2, 0) is 25.7 Å². The van der Waals surface area contributed by atoms with Gasteiger partial charge in [0.25, 0.3) is 0 Å².